The van der Waals surface area contributed by atoms with Crippen molar-refractivity contribution >= 4 is 21.8 Å². The third kappa shape index (κ3) is 3.78. The number of benzene rings is 1. The van der Waals surface area contributed by atoms with Crippen LogP contribution < -0.4 is 5.32 Å². The zero-order chi connectivity index (χ0) is 13.1. The minimum absolute atomic E-state index is 0.0302. The molecule has 0 radical (unpaired) electrons. The van der Waals surface area contributed by atoms with E-state index < -0.39 is 11.2 Å². The van der Waals surface area contributed by atoms with Crippen molar-refractivity contribution in [2.45, 2.75) is 13.8 Å². The Hall–Kier alpha value is -0.940. The van der Waals surface area contributed by atoms with Gasteiger partial charge in [0.15, 0.2) is 0 Å². The maximum Gasteiger partial charge on any atom is 0.252 e. The smallest absolute Gasteiger partial charge is 0.252 e. The molecular formula is C12H15BrFNO2. The predicted molar refractivity (Wildman–Crippen MR) is 67.3 cm³/mol. The van der Waals surface area contributed by atoms with E-state index in [0.29, 0.717) is 6.54 Å². The largest absolute Gasteiger partial charge is 0.396 e. The maximum absolute atomic E-state index is 13.2. The van der Waals surface area contributed by atoms with Crippen LogP contribution in [0.1, 0.15) is 24.2 Å². The van der Waals surface area contributed by atoms with Gasteiger partial charge in [-0.15, -0.1) is 0 Å². The van der Waals surface area contributed by atoms with E-state index in [1.807, 2.05) is 13.8 Å². The van der Waals surface area contributed by atoms with Crippen LogP contribution in [-0.4, -0.2) is 24.2 Å². The van der Waals surface area contributed by atoms with Crippen LogP contribution in [0.4, 0.5) is 4.39 Å². The van der Waals surface area contributed by atoms with Crippen LogP contribution in [0, 0.1) is 11.2 Å². The van der Waals surface area contributed by atoms with Crippen LogP contribution >= 0.6 is 15.9 Å². The fourth-order valence-corrected chi connectivity index (χ4v) is 1.59. The Kier molecular flexibility index (Phi) is 4.65. The zero-order valence-electron chi connectivity index (χ0n) is 9.76. The van der Waals surface area contributed by atoms with E-state index in [2.05, 4.69) is 21.2 Å². The van der Waals surface area contributed by atoms with Gasteiger partial charge in [0, 0.05) is 18.6 Å². The molecule has 0 aromatic heterocycles. The molecule has 1 amide bonds. The number of nitrogens with one attached hydrogen (secondary N) is 1. The van der Waals surface area contributed by atoms with E-state index in [0.717, 1.165) is 0 Å². The number of aliphatic hydroxyl groups is 1. The van der Waals surface area contributed by atoms with Crippen molar-refractivity contribution in [2.75, 3.05) is 13.2 Å². The molecule has 0 saturated heterocycles. The Bertz CT molecular complexity index is 421. The molecule has 0 heterocycles. The average molecular weight is 304 g/mol. The highest BCUT2D eigenvalue weighted by Crippen LogP contribution is 2.20. The molecule has 2 N–H and O–H groups in total. The Labute approximate surface area is 108 Å². The summed E-state index contributed by atoms with van der Waals surface area (Å²) in [4.78, 5) is 11.8. The van der Waals surface area contributed by atoms with Gasteiger partial charge in [-0.25, -0.2) is 4.39 Å². The van der Waals surface area contributed by atoms with E-state index in [9.17, 15) is 9.18 Å². The first-order valence-electron chi connectivity index (χ1n) is 5.20. The monoisotopic (exact) mass is 303 g/mol. The molecule has 94 valence electrons. The Balaban J connectivity index is 2.74. The highest BCUT2D eigenvalue weighted by molar-refractivity contribution is 9.10. The van der Waals surface area contributed by atoms with Gasteiger partial charge in [0.05, 0.1) is 10.0 Å². The van der Waals surface area contributed by atoms with Crippen molar-refractivity contribution in [1.82, 2.24) is 5.32 Å². The van der Waals surface area contributed by atoms with Crippen LogP contribution in [-0.2, 0) is 0 Å². The maximum atomic E-state index is 13.2. The van der Waals surface area contributed by atoms with Crippen molar-refractivity contribution in [3.63, 3.8) is 0 Å². The molecule has 1 rings (SSSR count). The van der Waals surface area contributed by atoms with Gasteiger partial charge in [0.1, 0.15) is 5.82 Å². The van der Waals surface area contributed by atoms with Crippen LogP contribution in [0.5, 0.6) is 0 Å². The summed E-state index contributed by atoms with van der Waals surface area (Å²) < 4.78 is 13.4. The molecule has 0 bridgehead atoms. The lowest BCUT2D eigenvalue weighted by molar-refractivity contribution is 0.0910. The normalized spacial score (nSPS) is 11.4. The minimum atomic E-state index is -0.473. The number of rotatable bonds is 4. The second-order valence-corrected chi connectivity index (χ2v) is 5.40. The SMILES string of the molecule is CC(C)(CO)CNC(=O)c1cccc(F)c1Br. The van der Waals surface area contributed by atoms with Crippen molar-refractivity contribution in [3.05, 3.63) is 34.1 Å². The number of carbonyl (C=O) groups is 1. The number of halogens is 2. The second-order valence-electron chi connectivity index (χ2n) is 4.61. The second kappa shape index (κ2) is 5.60. The molecule has 0 fully saturated rings. The van der Waals surface area contributed by atoms with Crippen LogP contribution in [0.15, 0.2) is 22.7 Å². The lowest BCUT2D eigenvalue weighted by atomic mass is 9.95. The van der Waals surface area contributed by atoms with Crippen molar-refractivity contribution < 1.29 is 14.3 Å². The van der Waals surface area contributed by atoms with Gasteiger partial charge in [-0.3, -0.25) is 4.79 Å². The van der Waals surface area contributed by atoms with E-state index in [1.165, 1.54) is 18.2 Å². The van der Waals surface area contributed by atoms with Crippen molar-refractivity contribution in [1.29, 1.82) is 0 Å². The summed E-state index contributed by atoms with van der Waals surface area (Å²) >= 11 is 3.03. The predicted octanol–water partition coefficient (Wildman–Crippen LogP) is 2.34. The number of hydrogen-bond acceptors (Lipinski definition) is 2. The number of hydrogen-bond donors (Lipinski definition) is 2. The average Bonchev–Trinajstić information content (AvgIpc) is 2.30. The Morgan fingerprint density at radius 3 is 2.76 bits per heavy atom. The fraction of sp³-hybridized carbons (Fsp3) is 0.417. The van der Waals surface area contributed by atoms with Gasteiger partial charge < -0.3 is 10.4 Å². The number of aliphatic hydroxyl groups excluding tert-OH is 1. The van der Waals surface area contributed by atoms with Gasteiger partial charge in [-0.05, 0) is 28.1 Å². The third-order valence-electron chi connectivity index (χ3n) is 2.35. The summed E-state index contributed by atoms with van der Waals surface area (Å²) in [6.45, 7) is 3.95. The molecule has 1 aromatic rings. The van der Waals surface area contributed by atoms with Gasteiger partial charge in [-0.1, -0.05) is 19.9 Å². The van der Waals surface area contributed by atoms with E-state index in [4.69, 9.17) is 5.11 Å². The molecule has 0 aliphatic carbocycles. The topological polar surface area (TPSA) is 49.3 Å². The molecule has 0 atom stereocenters. The lowest BCUT2D eigenvalue weighted by Gasteiger charge is -2.22. The molecular weight excluding hydrogens is 289 g/mol. The molecule has 0 saturated carbocycles. The number of amides is 1. The Morgan fingerprint density at radius 2 is 2.18 bits per heavy atom. The minimum Gasteiger partial charge on any atom is -0.396 e. The molecule has 0 aliphatic heterocycles. The van der Waals surface area contributed by atoms with E-state index >= 15 is 0 Å². The molecule has 1 aromatic carbocycles. The fourth-order valence-electron chi connectivity index (χ4n) is 1.15. The standard InChI is InChI=1S/C12H15BrFNO2/c1-12(2,7-16)6-15-11(17)8-4-3-5-9(14)10(8)13/h3-5,16H,6-7H2,1-2H3,(H,15,17). The van der Waals surface area contributed by atoms with E-state index in [-0.39, 0.29) is 22.6 Å². The highest BCUT2D eigenvalue weighted by atomic mass is 79.9. The number of carbonyl (C=O) groups excluding carboxylic acids is 1. The highest BCUT2D eigenvalue weighted by Gasteiger charge is 2.19. The summed E-state index contributed by atoms with van der Waals surface area (Å²) in [7, 11) is 0. The van der Waals surface area contributed by atoms with Crippen LogP contribution in [0.25, 0.3) is 0 Å². The summed E-state index contributed by atoms with van der Waals surface area (Å²) in [5, 5.41) is 11.7. The zero-order valence-corrected chi connectivity index (χ0v) is 11.3. The summed E-state index contributed by atoms with van der Waals surface area (Å²) in [5.74, 6) is -0.836. The molecule has 17 heavy (non-hydrogen) atoms. The molecule has 0 spiro atoms. The summed E-state index contributed by atoms with van der Waals surface area (Å²) in [5.41, 5.74) is -0.145. The molecule has 0 aliphatic rings. The van der Waals surface area contributed by atoms with Gasteiger partial charge in [0.2, 0.25) is 0 Å². The van der Waals surface area contributed by atoms with Gasteiger partial charge >= 0.3 is 0 Å². The lowest BCUT2D eigenvalue weighted by Crippen LogP contribution is -2.36. The molecule has 3 nitrogen and oxygen atoms in total. The molecule has 5 heteroatoms. The van der Waals surface area contributed by atoms with Crippen molar-refractivity contribution in [3.8, 4) is 0 Å². The van der Waals surface area contributed by atoms with Crippen molar-refractivity contribution in [2.24, 2.45) is 5.41 Å². The Morgan fingerprint density at radius 1 is 1.53 bits per heavy atom. The van der Waals surface area contributed by atoms with Crippen LogP contribution in [0.2, 0.25) is 0 Å². The summed E-state index contributed by atoms with van der Waals surface area (Å²) in [6.07, 6.45) is 0. The quantitative estimate of drug-likeness (QED) is 0.897. The van der Waals surface area contributed by atoms with E-state index in [1.54, 1.807) is 0 Å². The summed E-state index contributed by atoms with van der Waals surface area (Å²) in [6, 6.07) is 4.29. The van der Waals surface area contributed by atoms with Gasteiger partial charge in [-0.2, -0.15) is 0 Å². The first kappa shape index (κ1) is 14.1. The first-order chi connectivity index (χ1) is 7.87. The van der Waals surface area contributed by atoms with Gasteiger partial charge in [0.25, 0.3) is 5.91 Å². The third-order valence-corrected chi connectivity index (χ3v) is 3.16. The van der Waals surface area contributed by atoms with Crippen LogP contribution in [0.3, 0.4) is 0 Å². The first-order valence-corrected chi connectivity index (χ1v) is 6.00. The molecule has 0 unspecified atom stereocenters.